The molecule has 4 rings (SSSR count). The van der Waals surface area contributed by atoms with Gasteiger partial charge in [0.25, 0.3) is 0 Å². The van der Waals surface area contributed by atoms with Gasteiger partial charge in [0.15, 0.2) is 11.0 Å². The summed E-state index contributed by atoms with van der Waals surface area (Å²) < 4.78 is 3.73. The van der Waals surface area contributed by atoms with Crippen molar-refractivity contribution in [3.05, 3.63) is 62.2 Å². The third-order valence-electron chi connectivity index (χ3n) is 4.71. The van der Waals surface area contributed by atoms with Crippen molar-refractivity contribution in [3.8, 4) is 17.2 Å². The average Bonchev–Trinajstić information content (AvgIpc) is 3.42. The van der Waals surface area contributed by atoms with Crippen LogP contribution in [0.25, 0.3) is 17.2 Å². The van der Waals surface area contributed by atoms with Gasteiger partial charge in [-0.25, -0.2) is 10.1 Å². The van der Waals surface area contributed by atoms with Gasteiger partial charge < -0.3 is 4.57 Å². The third-order valence-corrected chi connectivity index (χ3v) is 6.02. The minimum Gasteiger partial charge on any atom is -0.313 e. The van der Waals surface area contributed by atoms with Gasteiger partial charge in [-0.2, -0.15) is 0 Å². The number of benzene rings is 1. The first kappa shape index (κ1) is 21.2. The second kappa shape index (κ2) is 8.98. The first-order valence-electron chi connectivity index (χ1n) is 9.30. The molecule has 11 heteroatoms. The molecule has 0 amide bonds. The van der Waals surface area contributed by atoms with Crippen LogP contribution in [0.5, 0.6) is 0 Å². The van der Waals surface area contributed by atoms with Gasteiger partial charge in [-0.1, -0.05) is 71.9 Å². The number of aromatic amines is 1. The van der Waals surface area contributed by atoms with Crippen molar-refractivity contribution in [2.24, 2.45) is 0 Å². The van der Waals surface area contributed by atoms with Crippen LogP contribution in [-0.4, -0.2) is 34.7 Å². The highest BCUT2D eigenvalue weighted by molar-refractivity contribution is 6.40. The lowest BCUT2D eigenvalue weighted by molar-refractivity contribution is 0.678. The van der Waals surface area contributed by atoms with E-state index in [1.165, 1.54) is 0 Å². The Bertz CT molecular complexity index is 1150. The molecule has 3 heterocycles. The zero-order valence-electron chi connectivity index (χ0n) is 15.9. The molecule has 4 aromatic rings. The Balaban J connectivity index is 1.65. The van der Waals surface area contributed by atoms with Gasteiger partial charge in [0.1, 0.15) is 21.8 Å². The van der Waals surface area contributed by atoms with Crippen molar-refractivity contribution < 1.29 is 0 Å². The van der Waals surface area contributed by atoms with Gasteiger partial charge in [-0.15, -0.1) is 5.10 Å². The fourth-order valence-electron chi connectivity index (χ4n) is 3.25. The van der Waals surface area contributed by atoms with Gasteiger partial charge in [-0.05, 0) is 40.6 Å². The molecule has 0 fully saturated rings. The quantitative estimate of drug-likeness (QED) is 0.356. The molecule has 30 heavy (non-hydrogen) atoms. The number of aromatic nitrogens is 7. The topological polar surface area (TPSA) is 77.2 Å². The summed E-state index contributed by atoms with van der Waals surface area (Å²) in [5.41, 5.74) is 2.46. The lowest BCUT2D eigenvalue weighted by Gasteiger charge is -2.12. The summed E-state index contributed by atoms with van der Waals surface area (Å²) in [6.07, 6.45) is 2.92. The second-order valence-corrected chi connectivity index (χ2v) is 8.23. The Morgan fingerprint density at radius 2 is 1.83 bits per heavy atom. The Kier molecular flexibility index (Phi) is 6.34. The minimum atomic E-state index is 0.332. The fraction of sp³-hybridized carbons (Fsp3) is 0.263. The highest BCUT2D eigenvalue weighted by Gasteiger charge is 2.19. The van der Waals surface area contributed by atoms with Crippen LogP contribution in [0.3, 0.4) is 0 Å². The molecule has 0 radical (unpaired) electrons. The molecule has 0 aliphatic heterocycles. The van der Waals surface area contributed by atoms with Gasteiger partial charge in [-0.3, -0.25) is 4.57 Å². The number of imidazole rings is 1. The molecule has 3 aromatic heterocycles. The van der Waals surface area contributed by atoms with E-state index >= 15 is 0 Å². The van der Waals surface area contributed by atoms with Crippen molar-refractivity contribution >= 4 is 46.4 Å². The predicted molar refractivity (Wildman–Crippen MR) is 119 cm³/mol. The zero-order valence-corrected chi connectivity index (χ0v) is 18.9. The number of aryl methyl sites for hydroxylation is 1. The Labute approximate surface area is 192 Å². The normalized spacial score (nSPS) is 11.4. The van der Waals surface area contributed by atoms with Gasteiger partial charge in [0.2, 0.25) is 0 Å². The van der Waals surface area contributed by atoms with E-state index in [9.17, 15) is 0 Å². The predicted octanol–water partition coefficient (Wildman–Crippen LogP) is 5.86. The van der Waals surface area contributed by atoms with Crippen LogP contribution < -0.4 is 0 Å². The largest absolute Gasteiger partial charge is 0.313 e. The highest BCUT2D eigenvalue weighted by atomic mass is 35.5. The number of halogens is 4. The number of nitrogens with one attached hydrogen (secondary N) is 1. The molecule has 0 saturated heterocycles. The molecule has 0 saturated carbocycles. The Hall–Kier alpha value is -2.06. The maximum Gasteiger partial charge on any atom is 0.198 e. The summed E-state index contributed by atoms with van der Waals surface area (Å²) in [6.45, 7) is 2.70. The van der Waals surface area contributed by atoms with E-state index in [-0.39, 0.29) is 0 Å². The lowest BCUT2D eigenvalue weighted by Crippen LogP contribution is -2.06. The SMILES string of the molecule is CCCCc1nc(Cl)c(Cl)n1Cc1ccc(-n2c(Cl)cc(Cl)c2-c2nnn[nH]2)cc1. The van der Waals surface area contributed by atoms with Crippen molar-refractivity contribution in [2.45, 2.75) is 32.7 Å². The molecule has 0 aliphatic rings. The first-order valence-corrected chi connectivity index (χ1v) is 10.8. The number of H-pyrrole nitrogens is 1. The smallest absolute Gasteiger partial charge is 0.198 e. The van der Waals surface area contributed by atoms with Crippen molar-refractivity contribution in [3.63, 3.8) is 0 Å². The van der Waals surface area contributed by atoms with Gasteiger partial charge in [0, 0.05) is 12.1 Å². The molecule has 7 nitrogen and oxygen atoms in total. The van der Waals surface area contributed by atoms with Crippen LogP contribution in [0.2, 0.25) is 20.5 Å². The zero-order chi connectivity index (χ0) is 21.3. The van der Waals surface area contributed by atoms with Crippen LogP contribution in [0.1, 0.15) is 31.2 Å². The second-order valence-electron chi connectivity index (χ2n) is 6.71. The van der Waals surface area contributed by atoms with Crippen LogP contribution in [-0.2, 0) is 13.0 Å². The molecule has 1 N–H and O–H groups in total. The highest BCUT2D eigenvalue weighted by Crippen LogP contribution is 2.34. The summed E-state index contributed by atoms with van der Waals surface area (Å²) in [7, 11) is 0. The molecular weight excluding hydrogens is 468 g/mol. The van der Waals surface area contributed by atoms with E-state index in [4.69, 9.17) is 46.4 Å². The molecular formula is C19H17Cl4N7. The van der Waals surface area contributed by atoms with Crippen molar-refractivity contribution in [1.29, 1.82) is 0 Å². The molecule has 0 unspecified atom stereocenters. The number of tetrazole rings is 1. The van der Waals surface area contributed by atoms with E-state index in [1.807, 2.05) is 28.8 Å². The first-order chi connectivity index (χ1) is 14.5. The molecule has 1 aromatic carbocycles. The summed E-state index contributed by atoms with van der Waals surface area (Å²) in [5.74, 6) is 1.31. The number of hydrogen-bond acceptors (Lipinski definition) is 4. The molecule has 156 valence electrons. The summed E-state index contributed by atoms with van der Waals surface area (Å²) in [5, 5.41) is 15.6. The molecule has 0 spiro atoms. The fourth-order valence-corrected chi connectivity index (χ4v) is 4.27. The van der Waals surface area contributed by atoms with Gasteiger partial charge >= 0.3 is 0 Å². The van der Waals surface area contributed by atoms with Crippen molar-refractivity contribution in [2.75, 3.05) is 0 Å². The number of nitrogens with zero attached hydrogens (tertiary/aromatic N) is 6. The van der Waals surface area contributed by atoms with Crippen LogP contribution >= 0.6 is 46.4 Å². The van der Waals surface area contributed by atoms with Crippen LogP contribution in [0.4, 0.5) is 0 Å². The standard InChI is InChI=1S/C19H17Cl4N7/c1-2-3-4-15-24-17(22)18(23)29(15)10-11-5-7-12(8-6-11)30-14(21)9-13(20)16(30)19-25-27-28-26-19/h5-9H,2-4,10H2,1H3,(H,25,26,27,28). The maximum absolute atomic E-state index is 6.42. The van der Waals surface area contributed by atoms with E-state index in [0.29, 0.717) is 38.5 Å². The van der Waals surface area contributed by atoms with Crippen LogP contribution in [0.15, 0.2) is 30.3 Å². The monoisotopic (exact) mass is 483 g/mol. The Morgan fingerprint density at radius 3 is 2.50 bits per heavy atom. The third kappa shape index (κ3) is 4.07. The number of rotatable bonds is 7. The van der Waals surface area contributed by atoms with Crippen LogP contribution in [0, 0.1) is 0 Å². The van der Waals surface area contributed by atoms with E-state index < -0.39 is 0 Å². The number of hydrogen-bond donors (Lipinski definition) is 1. The van der Waals surface area contributed by atoms with E-state index in [0.717, 1.165) is 36.3 Å². The lowest BCUT2D eigenvalue weighted by atomic mass is 10.2. The number of unbranched alkanes of at least 4 members (excludes halogenated alkanes) is 1. The van der Waals surface area contributed by atoms with Crippen molar-refractivity contribution in [1.82, 2.24) is 34.7 Å². The molecule has 0 aliphatic carbocycles. The minimum absolute atomic E-state index is 0.332. The molecule has 0 atom stereocenters. The summed E-state index contributed by atoms with van der Waals surface area (Å²) in [4.78, 5) is 4.40. The molecule has 0 bridgehead atoms. The van der Waals surface area contributed by atoms with Gasteiger partial charge in [0.05, 0.1) is 11.6 Å². The maximum atomic E-state index is 6.42. The Morgan fingerprint density at radius 1 is 1.07 bits per heavy atom. The van der Waals surface area contributed by atoms with E-state index in [2.05, 4.69) is 32.5 Å². The van der Waals surface area contributed by atoms with E-state index in [1.54, 1.807) is 10.6 Å². The summed E-state index contributed by atoms with van der Waals surface area (Å²) >= 11 is 25.3. The average molecular weight is 485 g/mol. The summed E-state index contributed by atoms with van der Waals surface area (Å²) in [6, 6.07) is 9.54.